The van der Waals surface area contributed by atoms with Crippen LogP contribution in [0.25, 0.3) is 0 Å². The standard InChI is InChI=1S/C30H33NO15/c1-13(27(39)45-18(26(37)38)11-21(34)35)42-28(40)19(43-14(2)32)12-22(36)44-17-6-7-30(41)20-10-15-4-5-16(33)24-23(15)29(30,25(17)46-24)8-9-31(20)3/h4-6,13,18-20,25,33,41H,7-12H2,1-3H3,(H,34,35)(H,37,38)/t13?,18?,19?,20-,25+,29+,30-/m1/s1. The summed E-state index contributed by atoms with van der Waals surface area (Å²) in [5.41, 5.74) is -0.797. The molecule has 46 heavy (non-hydrogen) atoms. The van der Waals surface area contributed by atoms with Crippen molar-refractivity contribution >= 4 is 35.8 Å². The highest BCUT2D eigenvalue weighted by Gasteiger charge is 2.72. The molecule has 248 valence electrons. The number of ether oxygens (including phenoxy) is 5. The second-order valence-corrected chi connectivity index (χ2v) is 11.8. The number of likely N-dealkylation sites (tertiary alicyclic amines) is 1. The van der Waals surface area contributed by atoms with E-state index in [2.05, 4.69) is 9.64 Å². The van der Waals surface area contributed by atoms with Gasteiger partial charge in [0.05, 0.1) is 23.9 Å². The average Bonchev–Trinajstić information content (AvgIpc) is 3.32. The van der Waals surface area contributed by atoms with Crippen LogP contribution in [0.2, 0.25) is 0 Å². The minimum atomic E-state index is -2.06. The molecule has 0 saturated carbocycles. The van der Waals surface area contributed by atoms with E-state index in [1.54, 1.807) is 6.07 Å². The molecule has 16 heteroatoms. The second-order valence-electron chi connectivity index (χ2n) is 11.8. The molecule has 2 aliphatic carbocycles. The van der Waals surface area contributed by atoms with E-state index in [0.717, 1.165) is 19.4 Å². The summed E-state index contributed by atoms with van der Waals surface area (Å²) in [6.07, 6.45) is -6.09. The molecule has 1 spiro atoms. The number of likely N-dealkylation sites (N-methyl/N-ethyl adjacent to an activating group) is 1. The van der Waals surface area contributed by atoms with Crippen LogP contribution in [0.5, 0.6) is 11.5 Å². The van der Waals surface area contributed by atoms with Crippen molar-refractivity contribution in [3.05, 3.63) is 35.1 Å². The van der Waals surface area contributed by atoms with Crippen molar-refractivity contribution in [1.29, 1.82) is 0 Å². The molecule has 2 bridgehead atoms. The molecule has 4 aliphatic rings. The summed E-state index contributed by atoms with van der Waals surface area (Å²) < 4.78 is 26.4. The third kappa shape index (κ3) is 5.40. The summed E-state index contributed by atoms with van der Waals surface area (Å²) in [4.78, 5) is 74.2. The summed E-state index contributed by atoms with van der Waals surface area (Å²) in [5.74, 6) is -7.98. The minimum Gasteiger partial charge on any atom is -0.504 e. The van der Waals surface area contributed by atoms with Crippen LogP contribution in [0.1, 0.15) is 50.7 Å². The molecule has 1 saturated heterocycles. The fraction of sp³-hybridized carbons (Fsp3) is 0.533. The number of carbonyl (C=O) groups excluding carboxylic acids is 4. The summed E-state index contributed by atoms with van der Waals surface area (Å²) in [6.45, 7) is 2.56. The number of aliphatic carboxylic acids is 2. The number of esters is 4. The average molecular weight is 648 g/mol. The number of hydrogen-bond acceptors (Lipinski definition) is 14. The third-order valence-corrected chi connectivity index (χ3v) is 9.03. The zero-order valence-electron chi connectivity index (χ0n) is 25.1. The number of rotatable bonds is 11. The van der Waals surface area contributed by atoms with Gasteiger partial charge in [0, 0.05) is 24.9 Å². The summed E-state index contributed by atoms with van der Waals surface area (Å²) >= 11 is 0. The Morgan fingerprint density at radius 1 is 1.04 bits per heavy atom. The summed E-state index contributed by atoms with van der Waals surface area (Å²) in [7, 11) is 1.92. The number of aliphatic hydroxyl groups is 1. The Bertz CT molecular complexity index is 1540. The van der Waals surface area contributed by atoms with E-state index in [1.165, 1.54) is 12.1 Å². The number of nitrogens with zero attached hydrogens (tertiary/aromatic N) is 1. The number of piperidine rings is 1. The van der Waals surface area contributed by atoms with Gasteiger partial charge in [0.1, 0.15) is 5.76 Å². The highest BCUT2D eigenvalue weighted by molar-refractivity contribution is 5.88. The zero-order valence-corrected chi connectivity index (χ0v) is 25.1. The monoisotopic (exact) mass is 647 g/mol. The minimum absolute atomic E-state index is 0.0338. The molecule has 1 aromatic rings. The Balaban J connectivity index is 1.32. The largest absolute Gasteiger partial charge is 0.504 e. The van der Waals surface area contributed by atoms with E-state index in [1.807, 2.05) is 7.05 Å². The maximum atomic E-state index is 13.2. The first-order valence-electron chi connectivity index (χ1n) is 14.5. The molecule has 2 aliphatic heterocycles. The number of phenolic OH excluding ortho intramolecular Hbond substituents is 1. The second kappa shape index (κ2) is 11.9. The van der Waals surface area contributed by atoms with Crippen LogP contribution >= 0.6 is 0 Å². The maximum Gasteiger partial charge on any atom is 0.348 e. The van der Waals surface area contributed by atoms with Gasteiger partial charge in [-0.15, -0.1) is 0 Å². The van der Waals surface area contributed by atoms with Crippen molar-refractivity contribution < 1.29 is 72.9 Å². The van der Waals surface area contributed by atoms with E-state index < -0.39 is 84.1 Å². The van der Waals surface area contributed by atoms with Crippen molar-refractivity contribution in [1.82, 2.24) is 4.90 Å². The Morgan fingerprint density at radius 2 is 1.76 bits per heavy atom. The van der Waals surface area contributed by atoms with Gasteiger partial charge in [-0.1, -0.05) is 6.07 Å². The molecular weight excluding hydrogens is 614 g/mol. The molecule has 1 fully saturated rings. The van der Waals surface area contributed by atoms with Gasteiger partial charge < -0.3 is 49.0 Å². The fourth-order valence-corrected chi connectivity index (χ4v) is 7.01. The van der Waals surface area contributed by atoms with E-state index in [-0.39, 0.29) is 29.7 Å². The molecular formula is C30H33NO15. The molecule has 0 radical (unpaired) electrons. The van der Waals surface area contributed by atoms with Crippen LogP contribution < -0.4 is 4.74 Å². The Labute approximate surface area is 261 Å². The van der Waals surface area contributed by atoms with Crippen LogP contribution in [0.3, 0.4) is 0 Å². The van der Waals surface area contributed by atoms with Crippen LogP contribution in [-0.2, 0) is 59.6 Å². The van der Waals surface area contributed by atoms with Gasteiger partial charge in [-0.2, -0.15) is 0 Å². The number of carboxylic acid groups (broad SMARTS) is 2. The maximum absolute atomic E-state index is 13.2. The van der Waals surface area contributed by atoms with Crippen LogP contribution in [-0.4, -0.2) is 111 Å². The van der Waals surface area contributed by atoms with Crippen molar-refractivity contribution in [3.63, 3.8) is 0 Å². The Hall–Kier alpha value is -4.70. The predicted molar refractivity (Wildman–Crippen MR) is 148 cm³/mol. The number of benzene rings is 1. The third-order valence-electron chi connectivity index (χ3n) is 9.03. The molecule has 0 amide bonds. The smallest absolute Gasteiger partial charge is 0.348 e. The summed E-state index contributed by atoms with van der Waals surface area (Å²) in [6, 6.07) is 3.02. The molecule has 7 atom stereocenters. The molecule has 5 rings (SSSR count). The quantitative estimate of drug-likeness (QED) is 0.182. The van der Waals surface area contributed by atoms with Crippen molar-refractivity contribution in [2.24, 2.45) is 0 Å². The van der Waals surface area contributed by atoms with Gasteiger partial charge in [-0.25, -0.2) is 14.4 Å². The van der Waals surface area contributed by atoms with Crippen LogP contribution in [0.15, 0.2) is 24.0 Å². The first-order valence-corrected chi connectivity index (χ1v) is 14.5. The fourth-order valence-electron chi connectivity index (χ4n) is 7.01. The van der Waals surface area contributed by atoms with Gasteiger partial charge in [0.25, 0.3) is 0 Å². The van der Waals surface area contributed by atoms with Gasteiger partial charge in [0.2, 0.25) is 12.2 Å². The molecule has 1 aromatic carbocycles. The summed E-state index contributed by atoms with van der Waals surface area (Å²) in [5, 5.41) is 40.8. The number of hydrogen-bond donors (Lipinski definition) is 4. The number of carboxylic acids is 2. The molecule has 16 nitrogen and oxygen atoms in total. The van der Waals surface area contributed by atoms with Gasteiger partial charge >= 0.3 is 35.8 Å². The zero-order chi connectivity index (χ0) is 33.7. The normalized spacial score (nSPS) is 27.4. The van der Waals surface area contributed by atoms with Crippen molar-refractivity contribution in [3.8, 4) is 11.5 Å². The number of aromatic hydroxyl groups is 1. The molecule has 4 N–H and O–H groups in total. The topological polar surface area (TPSA) is 233 Å². The lowest BCUT2D eigenvalue weighted by Gasteiger charge is -2.61. The number of phenols is 1. The first kappa shape index (κ1) is 32.7. The van der Waals surface area contributed by atoms with Crippen molar-refractivity contribution in [2.45, 2.75) is 87.4 Å². The van der Waals surface area contributed by atoms with Crippen LogP contribution in [0.4, 0.5) is 0 Å². The van der Waals surface area contributed by atoms with E-state index in [4.69, 9.17) is 29.2 Å². The van der Waals surface area contributed by atoms with E-state index in [9.17, 15) is 39.0 Å². The molecule has 3 unspecified atom stereocenters. The van der Waals surface area contributed by atoms with Gasteiger partial charge in [0.15, 0.2) is 23.7 Å². The predicted octanol–water partition coefficient (Wildman–Crippen LogP) is -0.0623. The molecule has 2 heterocycles. The lowest BCUT2D eigenvalue weighted by atomic mass is 9.50. The number of carbonyl (C=O) groups is 6. The molecule has 0 aromatic heterocycles. The van der Waals surface area contributed by atoms with E-state index >= 15 is 0 Å². The lowest BCUT2D eigenvalue weighted by Crippen LogP contribution is -2.74. The van der Waals surface area contributed by atoms with Crippen molar-refractivity contribution in [2.75, 3.05) is 13.6 Å². The SMILES string of the molecule is CC(=O)OC(CC(=O)OC1=CC[C@@]2(O)[C@H]3Cc4ccc(O)c5c4[C@@]2(CCN3C)[C@H]1O5)C(=O)OC(C)C(=O)OC(CC(=O)O)C(=O)O. The first-order chi connectivity index (χ1) is 21.6. The van der Waals surface area contributed by atoms with Gasteiger partial charge in [-0.3, -0.25) is 14.4 Å². The Kier molecular flexibility index (Phi) is 8.46. The Morgan fingerprint density at radius 3 is 2.41 bits per heavy atom. The van der Waals surface area contributed by atoms with Crippen LogP contribution in [0, 0.1) is 0 Å². The van der Waals surface area contributed by atoms with E-state index in [0.29, 0.717) is 24.9 Å². The highest BCUT2D eigenvalue weighted by atomic mass is 16.6. The lowest BCUT2D eigenvalue weighted by molar-refractivity contribution is -0.184. The van der Waals surface area contributed by atoms with Gasteiger partial charge in [-0.05, 0) is 51.1 Å². The highest BCUT2D eigenvalue weighted by Crippen LogP contribution is 2.65.